The van der Waals surface area contributed by atoms with Crippen LogP contribution in [0.3, 0.4) is 0 Å². The fraction of sp³-hybridized carbons (Fsp3) is 0.833. The summed E-state index contributed by atoms with van der Waals surface area (Å²) in [6.07, 6.45) is -1.72. The maximum Gasteiger partial charge on any atom is 0.323 e. The highest BCUT2D eigenvalue weighted by Crippen LogP contribution is 2.09. The van der Waals surface area contributed by atoms with E-state index < -0.39 is 24.2 Å². The van der Waals surface area contributed by atoms with Crippen molar-refractivity contribution < 1.29 is 25.6 Å². The Morgan fingerprint density at radius 3 is 2.42 bits per heavy atom. The number of piperidine rings is 1. The molecule has 0 bridgehead atoms. The van der Waals surface area contributed by atoms with Gasteiger partial charge in [0.05, 0.1) is 6.10 Å². The second-order valence-corrected chi connectivity index (χ2v) is 2.62. The predicted molar refractivity (Wildman–Crippen MR) is 39.7 cm³/mol. The minimum absolute atomic E-state index is 0. The zero-order valence-corrected chi connectivity index (χ0v) is 6.40. The molecular formula is C6H13NO5. The van der Waals surface area contributed by atoms with Crippen molar-refractivity contribution in [1.82, 2.24) is 5.32 Å². The molecule has 0 aromatic heterocycles. The normalized spacial score (nSPS) is 35.3. The highest BCUT2D eigenvalue weighted by Gasteiger charge is 2.34. The zero-order valence-electron chi connectivity index (χ0n) is 6.40. The first-order valence-corrected chi connectivity index (χ1v) is 3.45. The molecule has 6 heteroatoms. The molecule has 6 N–H and O–H groups in total. The van der Waals surface area contributed by atoms with Crippen LogP contribution in [0.15, 0.2) is 0 Å². The van der Waals surface area contributed by atoms with E-state index in [-0.39, 0.29) is 5.48 Å². The molecule has 3 atom stereocenters. The Labute approximate surface area is 69.1 Å². The second-order valence-electron chi connectivity index (χ2n) is 2.62. The average molecular weight is 179 g/mol. The number of hydrogen-bond acceptors (Lipinski definition) is 4. The Bertz CT molecular complexity index is 162. The minimum atomic E-state index is -1.19. The van der Waals surface area contributed by atoms with E-state index in [1.807, 2.05) is 0 Å². The molecule has 1 saturated heterocycles. The molecule has 1 rings (SSSR count). The van der Waals surface area contributed by atoms with Crippen molar-refractivity contribution in [2.45, 2.75) is 24.7 Å². The van der Waals surface area contributed by atoms with Gasteiger partial charge in [-0.15, -0.1) is 0 Å². The van der Waals surface area contributed by atoms with E-state index in [9.17, 15) is 4.79 Å². The number of carboxylic acids is 1. The van der Waals surface area contributed by atoms with Crippen LogP contribution < -0.4 is 5.32 Å². The molecule has 72 valence electrons. The number of rotatable bonds is 1. The summed E-state index contributed by atoms with van der Waals surface area (Å²) in [4.78, 5) is 10.4. The van der Waals surface area contributed by atoms with E-state index in [0.717, 1.165) is 0 Å². The molecule has 0 aliphatic carbocycles. The lowest BCUT2D eigenvalue weighted by Crippen LogP contribution is -2.56. The molecule has 6 nitrogen and oxygen atoms in total. The van der Waals surface area contributed by atoms with Gasteiger partial charge < -0.3 is 26.1 Å². The van der Waals surface area contributed by atoms with E-state index in [1.54, 1.807) is 0 Å². The second kappa shape index (κ2) is 4.36. The van der Waals surface area contributed by atoms with Crippen molar-refractivity contribution in [3.8, 4) is 0 Å². The average Bonchev–Trinajstić information content (AvgIpc) is 1.94. The smallest absolute Gasteiger partial charge is 0.323 e. The summed E-state index contributed by atoms with van der Waals surface area (Å²) in [6.45, 7) is 0.426. The molecule has 1 fully saturated rings. The van der Waals surface area contributed by atoms with Gasteiger partial charge in [0.2, 0.25) is 0 Å². The number of aliphatic hydroxyl groups excluding tert-OH is 2. The quantitative estimate of drug-likeness (QED) is 0.350. The highest BCUT2D eigenvalue weighted by atomic mass is 16.4. The molecular weight excluding hydrogens is 166 g/mol. The zero-order chi connectivity index (χ0) is 8.43. The monoisotopic (exact) mass is 179 g/mol. The van der Waals surface area contributed by atoms with Crippen molar-refractivity contribution in [2.24, 2.45) is 0 Å². The number of aliphatic hydroxyl groups is 2. The van der Waals surface area contributed by atoms with Gasteiger partial charge in [-0.3, -0.25) is 4.79 Å². The van der Waals surface area contributed by atoms with Crippen LogP contribution >= 0.6 is 0 Å². The van der Waals surface area contributed by atoms with Gasteiger partial charge >= 0.3 is 5.97 Å². The van der Waals surface area contributed by atoms with Crippen LogP contribution in [0.1, 0.15) is 6.42 Å². The SMILES string of the molecule is O.O=C(O)[C@H]1NCC[C@@H](O)[C@@H]1O. The number of carboxylic acid groups (broad SMARTS) is 1. The minimum Gasteiger partial charge on any atom is -0.480 e. The summed E-state index contributed by atoms with van der Waals surface area (Å²) in [6, 6.07) is -1.03. The first-order chi connectivity index (χ1) is 5.13. The van der Waals surface area contributed by atoms with Crippen molar-refractivity contribution >= 4 is 5.97 Å². The lowest BCUT2D eigenvalue weighted by atomic mass is 9.99. The van der Waals surface area contributed by atoms with Crippen LogP contribution in [0.5, 0.6) is 0 Å². The number of carbonyl (C=O) groups is 1. The molecule has 12 heavy (non-hydrogen) atoms. The Morgan fingerprint density at radius 1 is 1.42 bits per heavy atom. The third-order valence-corrected chi connectivity index (χ3v) is 1.81. The molecule has 0 radical (unpaired) electrons. The predicted octanol–water partition coefficient (Wildman–Crippen LogP) is -2.67. The van der Waals surface area contributed by atoms with E-state index in [0.29, 0.717) is 13.0 Å². The molecule has 0 amide bonds. The number of aliphatic carboxylic acids is 1. The van der Waals surface area contributed by atoms with Crippen molar-refractivity contribution in [1.29, 1.82) is 0 Å². The Balaban J connectivity index is 0.00000121. The third kappa shape index (κ3) is 2.15. The van der Waals surface area contributed by atoms with Gasteiger partial charge in [-0.25, -0.2) is 0 Å². The summed E-state index contributed by atoms with van der Waals surface area (Å²) < 4.78 is 0. The van der Waals surface area contributed by atoms with Crippen LogP contribution in [-0.2, 0) is 4.79 Å². The Hall–Kier alpha value is -0.690. The molecule has 0 spiro atoms. The molecule has 0 saturated carbocycles. The van der Waals surface area contributed by atoms with Gasteiger partial charge in [0.15, 0.2) is 0 Å². The standard InChI is InChI=1S/C6H11NO4.H2O/c8-3-1-2-7-4(5(3)9)6(10)11;/h3-5,7-9H,1-2H2,(H,10,11);1H2/t3-,4+,5+;/m1./s1. The first kappa shape index (κ1) is 11.3. The van der Waals surface area contributed by atoms with E-state index in [4.69, 9.17) is 15.3 Å². The summed E-state index contributed by atoms with van der Waals surface area (Å²) >= 11 is 0. The van der Waals surface area contributed by atoms with Gasteiger partial charge in [-0.05, 0) is 13.0 Å². The van der Waals surface area contributed by atoms with Crippen LogP contribution in [0, 0.1) is 0 Å². The molecule has 0 aromatic rings. The summed E-state index contributed by atoms with van der Waals surface area (Å²) in [5, 5.41) is 29.2. The first-order valence-electron chi connectivity index (χ1n) is 3.45. The van der Waals surface area contributed by atoms with Crippen molar-refractivity contribution in [3.05, 3.63) is 0 Å². The number of hydrogen-bond donors (Lipinski definition) is 4. The van der Waals surface area contributed by atoms with E-state index in [2.05, 4.69) is 5.32 Å². The van der Waals surface area contributed by atoms with Gasteiger partial charge in [0.1, 0.15) is 12.1 Å². The maximum absolute atomic E-state index is 10.4. The summed E-state index contributed by atoms with van der Waals surface area (Å²) in [5.41, 5.74) is 0. The lowest BCUT2D eigenvalue weighted by Gasteiger charge is -2.29. The number of nitrogens with one attached hydrogen (secondary N) is 1. The van der Waals surface area contributed by atoms with Gasteiger partial charge in [0.25, 0.3) is 0 Å². The Morgan fingerprint density at radius 2 is 2.00 bits per heavy atom. The fourth-order valence-corrected chi connectivity index (χ4v) is 1.13. The summed E-state index contributed by atoms with van der Waals surface area (Å²) in [5.74, 6) is -1.13. The lowest BCUT2D eigenvalue weighted by molar-refractivity contribution is -0.147. The maximum atomic E-state index is 10.4. The van der Waals surface area contributed by atoms with Crippen LogP contribution in [0.2, 0.25) is 0 Å². The Kier molecular flexibility index (Phi) is 4.11. The molecule has 1 heterocycles. The van der Waals surface area contributed by atoms with Gasteiger partial charge in [-0.2, -0.15) is 0 Å². The topological polar surface area (TPSA) is 121 Å². The van der Waals surface area contributed by atoms with Crippen LogP contribution in [0.4, 0.5) is 0 Å². The van der Waals surface area contributed by atoms with Crippen molar-refractivity contribution in [3.63, 3.8) is 0 Å². The molecule has 1 aliphatic heterocycles. The van der Waals surface area contributed by atoms with Crippen LogP contribution in [0.25, 0.3) is 0 Å². The third-order valence-electron chi connectivity index (χ3n) is 1.81. The summed E-state index contributed by atoms with van der Waals surface area (Å²) in [7, 11) is 0. The molecule has 0 aromatic carbocycles. The van der Waals surface area contributed by atoms with Gasteiger partial charge in [-0.1, -0.05) is 0 Å². The van der Waals surface area contributed by atoms with E-state index >= 15 is 0 Å². The van der Waals surface area contributed by atoms with Crippen molar-refractivity contribution in [2.75, 3.05) is 6.54 Å². The van der Waals surface area contributed by atoms with E-state index in [1.165, 1.54) is 0 Å². The molecule has 1 aliphatic rings. The highest BCUT2D eigenvalue weighted by molar-refractivity contribution is 5.74. The largest absolute Gasteiger partial charge is 0.480 e. The van der Waals surface area contributed by atoms with Gasteiger partial charge in [0, 0.05) is 0 Å². The molecule has 0 unspecified atom stereocenters. The van der Waals surface area contributed by atoms with Crippen LogP contribution in [-0.4, -0.2) is 51.6 Å². The fourth-order valence-electron chi connectivity index (χ4n) is 1.13.